The Morgan fingerprint density at radius 1 is 0.976 bits per heavy atom. The van der Waals surface area contributed by atoms with Crippen molar-refractivity contribution < 1.29 is 23.7 Å². The molecule has 1 aliphatic heterocycles. The highest BCUT2D eigenvalue weighted by Gasteiger charge is 2.31. The molecular weight excluding hydrogens is 568 g/mol. The van der Waals surface area contributed by atoms with Crippen molar-refractivity contribution >= 4 is 34.6 Å². The summed E-state index contributed by atoms with van der Waals surface area (Å²) in [5.41, 5.74) is 9.21. The molecule has 41 heavy (non-hydrogen) atoms. The Morgan fingerprint density at radius 2 is 1.61 bits per heavy atom. The van der Waals surface area contributed by atoms with E-state index in [0.717, 1.165) is 33.2 Å². The first kappa shape index (κ1) is 31.2. The summed E-state index contributed by atoms with van der Waals surface area (Å²) < 4.78 is 23.7. The fourth-order valence-electron chi connectivity index (χ4n) is 4.33. The van der Waals surface area contributed by atoms with Gasteiger partial charge in [-0.2, -0.15) is 0 Å². The molecule has 0 saturated heterocycles. The molecule has 0 unspecified atom stereocenters. The summed E-state index contributed by atoms with van der Waals surface area (Å²) in [6.45, 7) is 8.66. The van der Waals surface area contributed by atoms with E-state index in [9.17, 15) is 4.79 Å². The van der Waals surface area contributed by atoms with E-state index in [4.69, 9.17) is 41.3 Å². The standard InChI is InChI=1S/C28H37ClN6O5S/c1-19-18-41-28-25(19)26(21-3-5-22(29)6-4-21)32-23(27-34-33-20(2)35(27)28)17-24(36)31-8-10-38-12-14-40-16-15-39-13-11-37-9-7-30/h3-6,18,23H,7-17,30H2,1-2H3,(H,31,36)/t23-/m0/s1. The second kappa shape index (κ2) is 16.1. The first-order chi connectivity index (χ1) is 20.0. The van der Waals surface area contributed by atoms with Gasteiger partial charge in [0, 0.05) is 29.2 Å². The lowest BCUT2D eigenvalue weighted by atomic mass is 10.0. The largest absolute Gasteiger partial charge is 0.378 e. The quantitative estimate of drug-likeness (QED) is 0.225. The van der Waals surface area contributed by atoms with Gasteiger partial charge in [0.15, 0.2) is 5.82 Å². The Morgan fingerprint density at radius 3 is 2.27 bits per heavy atom. The third kappa shape index (κ3) is 8.65. The van der Waals surface area contributed by atoms with E-state index >= 15 is 0 Å². The number of ether oxygens (including phenoxy) is 4. The van der Waals surface area contributed by atoms with Crippen molar-refractivity contribution in [1.29, 1.82) is 0 Å². The first-order valence-corrected chi connectivity index (χ1v) is 14.9. The highest BCUT2D eigenvalue weighted by molar-refractivity contribution is 7.13. The Balaban J connectivity index is 1.27. The molecule has 3 aromatic rings. The number of nitrogens with zero attached hydrogens (tertiary/aromatic N) is 4. The van der Waals surface area contributed by atoms with Gasteiger partial charge in [-0.3, -0.25) is 14.4 Å². The van der Waals surface area contributed by atoms with Gasteiger partial charge >= 0.3 is 0 Å². The van der Waals surface area contributed by atoms with Gasteiger partial charge in [0.1, 0.15) is 16.9 Å². The summed E-state index contributed by atoms with van der Waals surface area (Å²) in [4.78, 5) is 18.1. The number of aryl methyl sites for hydroxylation is 2. The van der Waals surface area contributed by atoms with Crippen LogP contribution in [-0.4, -0.2) is 92.3 Å². The van der Waals surface area contributed by atoms with Crippen LogP contribution < -0.4 is 11.1 Å². The van der Waals surface area contributed by atoms with Gasteiger partial charge in [-0.1, -0.05) is 23.7 Å². The molecule has 1 atom stereocenters. The van der Waals surface area contributed by atoms with E-state index < -0.39 is 6.04 Å². The van der Waals surface area contributed by atoms with Gasteiger partial charge in [-0.05, 0) is 36.9 Å². The number of hydrogen-bond donors (Lipinski definition) is 2. The smallest absolute Gasteiger partial charge is 0.222 e. The number of thiophene rings is 1. The SMILES string of the molecule is Cc1csc2c1C(c1ccc(Cl)cc1)=N[C@@H](CC(=O)NCCOCCOCCOCCOCCN)c1nnc(C)n1-2. The molecule has 0 spiro atoms. The average molecular weight is 605 g/mol. The Labute approximate surface area is 249 Å². The van der Waals surface area contributed by atoms with E-state index in [0.29, 0.717) is 76.8 Å². The van der Waals surface area contributed by atoms with Gasteiger partial charge < -0.3 is 30.0 Å². The topological polar surface area (TPSA) is 135 Å². The Kier molecular flexibility index (Phi) is 12.2. The number of amides is 1. The van der Waals surface area contributed by atoms with Crippen molar-refractivity contribution in [2.24, 2.45) is 10.7 Å². The minimum absolute atomic E-state index is 0.129. The number of rotatable bonds is 17. The normalized spacial score (nSPS) is 14.3. The van der Waals surface area contributed by atoms with Crippen molar-refractivity contribution in [2.75, 3.05) is 65.9 Å². The second-order valence-electron chi connectivity index (χ2n) is 9.33. The van der Waals surface area contributed by atoms with E-state index in [-0.39, 0.29) is 12.3 Å². The number of carbonyl (C=O) groups excluding carboxylic acids is 1. The van der Waals surface area contributed by atoms with Crippen LogP contribution >= 0.6 is 22.9 Å². The molecule has 1 aliphatic rings. The minimum atomic E-state index is -0.510. The molecule has 11 nitrogen and oxygen atoms in total. The summed E-state index contributed by atoms with van der Waals surface area (Å²) in [5, 5.41) is 15.4. The molecule has 0 aliphatic carbocycles. The molecule has 2 aromatic heterocycles. The van der Waals surface area contributed by atoms with Crippen LogP contribution in [0.1, 0.15) is 40.8 Å². The van der Waals surface area contributed by atoms with Crippen molar-refractivity contribution in [2.45, 2.75) is 26.3 Å². The molecule has 1 amide bonds. The second-order valence-corrected chi connectivity index (χ2v) is 10.6. The fourth-order valence-corrected chi connectivity index (χ4v) is 5.56. The molecule has 0 bridgehead atoms. The lowest BCUT2D eigenvalue weighted by Gasteiger charge is -2.13. The molecule has 0 saturated carbocycles. The predicted molar refractivity (Wildman–Crippen MR) is 158 cm³/mol. The van der Waals surface area contributed by atoms with Crippen molar-refractivity contribution in [1.82, 2.24) is 20.1 Å². The van der Waals surface area contributed by atoms with Crippen LogP contribution in [0.2, 0.25) is 5.02 Å². The summed E-state index contributed by atoms with van der Waals surface area (Å²) >= 11 is 7.77. The Bertz CT molecular complexity index is 1300. The minimum Gasteiger partial charge on any atom is -0.378 e. The molecular formula is C28H37ClN6O5S. The molecule has 3 heterocycles. The van der Waals surface area contributed by atoms with Crippen molar-refractivity contribution in [3.8, 4) is 5.00 Å². The van der Waals surface area contributed by atoms with Crippen LogP contribution in [0.15, 0.2) is 34.6 Å². The van der Waals surface area contributed by atoms with E-state index in [1.807, 2.05) is 35.8 Å². The monoisotopic (exact) mass is 604 g/mol. The summed E-state index contributed by atoms with van der Waals surface area (Å²) in [6.07, 6.45) is 0.129. The zero-order valence-corrected chi connectivity index (χ0v) is 25.0. The number of nitrogens with one attached hydrogen (secondary N) is 1. The van der Waals surface area contributed by atoms with Gasteiger partial charge in [0.25, 0.3) is 0 Å². The van der Waals surface area contributed by atoms with Gasteiger partial charge in [0.05, 0.1) is 65.0 Å². The third-order valence-corrected chi connectivity index (χ3v) is 7.60. The van der Waals surface area contributed by atoms with Crippen LogP contribution in [-0.2, 0) is 23.7 Å². The number of halogens is 1. The highest BCUT2D eigenvalue weighted by atomic mass is 35.5. The van der Waals surface area contributed by atoms with Crippen LogP contribution in [0.3, 0.4) is 0 Å². The maximum absolute atomic E-state index is 13.0. The van der Waals surface area contributed by atoms with E-state index in [2.05, 4.69) is 27.8 Å². The number of fused-ring (bicyclic) bond motifs is 3. The molecule has 0 fully saturated rings. The lowest BCUT2D eigenvalue weighted by Crippen LogP contribution is -2.29. The van der Waals surface area contributed by atoms with E-state index in [1.54, 1.807) is 11.3 Å². The summed E-state index contributed by atoms with van der Waals surface area (Å²) in [5.74, 6) is 1.25. The van der Waals surface area contributed by atoms with Gasteiger partial charge in [-0.15, -0.1) is 21.5 Å². The maximum Gasteiger partial charge on any atom is 0.222 e. The van der Waals surface area contributed by atoms with Crippen molar-refractivity contribution in [3.63, 3.8) is 0 Å². The Hall–Kier alpha value is -2.71. The summed E-state index contributed by atoms with van der Waals surface area (Å²) in [6, 6.07) is 7.08. The fraction of sp³-hybridized carbons (Fsp3) is 0.500. The molecule has 0 radical (unpaired) electrons. The number of carbonyl (C=O) groups is 1. The van der Waals surface area contributed by atoms with Crippen LogP contribution in [0, 0.1) is 13.8 Å². The number of nitrogens with two attached hydrogens (primary N) is 1. The number of aliphatic imine (C=N–C) groups is 1. The van der Waals surface area contributed by atoms with Crippen LogP contribution in [0.4, 0.5) is 0 Å². The predicted octanol–water partition coefficient (Wildman–Crippen LogP) is 3.02. The highest BCUT2D eigenvalue weighted by Crippen LogP contribution is 2.37. The summed E-state index contributed by atoms with van der Waals surface area (Å²) in [7, 11) is 0. The number of hydrogen-bond acceptors (Lipinski definition) is 10. The third-order valence-electron chi connectivity index (χ3n) is 6.27. The number of benzene rings is 1. The first-order valence-electron chi connectivity index (χ1n) is 13.6. The van der Waals surface area contributed by atoms with Gasteiger partial charge in [-0.25, -0.2) is 0 Å². The average Bonchev–Trinajstić information content (AvgIpc) is 3.49. The zero-order valence-electron chi connectivity index (χ0n) is 23.4. The molecule has 222 valence electrons. The zero-order chi connectivity index (χ0) is 29.0. The van der Waals surface area contributed by atoms with Crippen LogP contribution in [0.5, 0.6) is 0 Å². The molecule has 4 rings (SSSR count). The lowest BCUT2D eigenvalue weighted by molar-refractivity contribution is -0.121. The molecule has 13 heteroatoms. The van der Waals surface area contributed by atoms with Crippen molar-refractivity contribution in [3.05, 3.63) is 63.0 Å². The maximum atomic E-state index is 13.0. The van der Waals surface area contributed by atoms with Crippen LogP contribution in [0.25, 0.3) is 5.00 Å². The van der Waals surface area contributed by atoms with Gasteiger partial charge in [0.2, 0.25) is 5.91 Å². The molecule has 1 aromatic carbocycles. The molecule has 3 N–H and O–H groups in total. The van der Waals surface area contributed by atoms with E-state index in [1.165, 1.54) is 0 Å². The number of aromatic nitrogens is 3.